The van der Waals surface area contributed by atoms with Crippen LogP contribution in [0.5, 0.6) is 0 Å². The molecule has 3 atom stereocenters. The molecule has 1 N–H and O–H groups in total. The Morgan fingerprint density at radius 3 is 2.24 bits per heavy atom. The van der Waals surface area contributed by atoms with Gasteiger partial charge in [-0.15, -0.1) is 35.3 Å². The van der Waals surface area contributed by atoms with Crippen molar-refractivity contribution in [3.05, 3.63) is 11.8 Å². The van der Waals surface area contributed by atoms with Gasteiger partial charge in [0.15, 0.2) is 0 Å². The molecule has 188 valence electrons. The number of carbonyl (C=O) groups is 1. The average molecular weight is 511 g/mol. The molecule has 1 fully saturated rings. The molecule has 0 aliphatic carbocycles. The third-order valence-corrected chi connectivity index (χ3v) is 9.79. The van der Waals surface area contributed by atoms with Crippen molar-refractivity contribution >= 4 is 46.9 Å². The lowest BCUT2D eigenvalue weighted by molar-refractivity contribution is -0.116. The molecule has 1 amide bonds. The number of thioether (sulfide) groups is 3. The van der Waals surface area contributed by atoms with E-state index in [0.29, 0.717) is 11.2 Å². The number of amides is 1. The third-order valence-electron chi connectivity index (χ3n) is 6.64. The molecule has 3 nitrogen and oxygen atoms in total. The number of anilines is 1. The maximum Gasteiger partial charge on any atom is 0.237 e. The summed E-state index contributed by atoms with van der Waals surface area (Å²) in [5.74, 6) is 0.703. The number of nitrogens with zero attached hydrogens (tertiary/aromatic N) is 1. The van der Waals surface area contributed by atoms with E-state index in [-0.39, 0.29) is 11.2 Å². The number of aromatic nitrogens is 1. The number of rotatable bonds is 16. The van der Waals surface area contributed by atoms with E-state index in [1.165, 1.54) is 83.5 Å². The van der Waals surface area contributed by atoms with Crippen molar-refractivity contribution < 1.29 is 4.79 Å². The monoisotopic (exact) mass is 510 g/mol. The van der Waals surface area contributed by atoms with Gasteiger partial charge >= 0.3 is 0 Å². The van der Waals surface area contributed by atoms with E-state index in [2.05, 4.69) is 36.5 Å². The van der Waals surface area contributed by atoms with E-state index in [4.69, 9.17) is 0 Å². The number of aryl methyl sites for hydroxylation is 1. The van der Waals surface area contributed by atoms with Crippen LogP contribution in [0.1, 0.15) is 103 Å². The summed E-state index contributed by atoms with van der Waals surface area (Å²) in [6.07, 6.45) is 20.9. The Labute approximate surface area is 216 Å². The van der Waals surface area contributed by atoms with Crippen LogP contribution in [0.2, 0.25) is 0 Å². The van der Waals surface area contributed by atoms with Gasteiger partial charge in [0.05, 0.1) is 10.9 Å². The molecule has 0 bridgehead atoms. The molecule has 0 spiro atoms. The van der Waals surface area contributed by atoms with Crippen molar-refractivity contribution in [3.63, 3.8) is 0 Å². The van der Waals surface area contributed by atoms with E-state index in [1.54, 1.807) is 23.5 Å². The van der Waals surface area contributed by atoms with Crippen LogP contribution >= 0.6 is 35.3 Å². The molecule has 1 aromatic heterocycles. The summed E-state index contributed by atoms with van der Waals surface area (Å²) in [5, 5.41) is 4.97. The van der Waals surface area contributed by atoms with Gasteiger partial charge in [-0.05, 0) is 50.7 Å². The summed E-state index contributed by atoms with van der Waals surface area (Å²) >= 11 is 5.27. The molecule has 33 heavy (non-hydrogen) atoms. The number of pyridine rings is 1. The molecule has 0 aromatic carbocycles. The smallest absolute Gasteiger partial charge is 0.237 e. The molecule has 0 saturated carbocycles. The lowest BCUT2D eigenvalue weighted by atomic mass is 9.91. The first kappa shape index (κ1) is 28.9. The maximum atomic E-state index is 13.6. The normalized spacial score (nSPS) is 20.3. The van der Waals surface area contributed by atoms with Gasteiger partial charge in [-0.3, -0.25) is 4.79 Å². The maximum absolute atomic E-state index is 13.6. The fourth-order valence-corrected chi connectivity index (χ4v) is 7.82. The average Bonchev–Trinajstić information content (AvgIpc) is 3.22. The van der Waals surface area contributed by atoms with Crippen LogP contribution in [0, 0.1) is 12.8 Å². The number of carbonyl (C=O) groups excluding carboxylic acids is 1. The Morgan fingerprint density at radius 2 is 1.64 bits per heavy atom. The summed E-state index contributed by atoms with van der Waals surface area (Å²) in [6, 6.07) is 2.09. The molecular formula is C27H46N2OS3. The summed E-state index contributed by atoms with van der Waals surface area (Å²) in [7, 11) is 0. The molecule has 2 rings (SSSR count). The van der Waals surface area contributed by atoms with Crippen molar-refractivity contribution in [2.24, 2.45) is 5.92 Å². The van der Waals surface area contributed by atoms with E-state index in [1.807, 2.05) is 24.9 Å². The van der Waals surface area contributed by atoms with Crippen LogP contribution < -0.4 is 5.32 Å². The topological polar surface area (TPSA) is 42.0 Å². The largest absolute Gasteiger partial charge is 0.322 e. The second kappa shape index (κ2) is 16.4. The zero-order valence-corrected chi connectivity index (χ0v) is 24.0. The molecule has 1 saturated heterocycles. The Morgan fingerprint density at radius 1 is 1.00 bits per heavy atom. The zero-order valence-electron chi connectivity index (χ0n) is 21.6. The minimum absolute atomic E-state index is 0.0718. The van der Waals surface area contributed by atoms with Gasteiger partial charge in [-0.2, -0.15) is 0 Å². The van der Waals surface area contributed by atoms with E-state index in [0.717, 1.165) is 21.3 Å². The summed E-state index contributed by atoms with van der Waals surface area (Å²) in [6.45, 7) is 6.57. The van der Waals surface area contributed by atoms with Crippen LogP contribution in [0.15, 0.2) is 16.0 Å². The summed E-state index contributed by atoms with van der Waals surface area (Å²) in [5.41, 5.74) is 1.92. The molecule has 1 aliphatic rings. The van der Waals surface area contributed by atoms with E-state index < -0.39 is 0 Å². The molecule has 1 aliphatic heterocycles. The Balaban J connectivity index is 2.04. The Bertz CT molecular complexity index is 688. The van der Waals surface area contributed by atoms with Crippen molar-refractivity contribution in [2.75, 3.05) is 17.8 Å². The Kier molecular flexibility index (Phi) is 14.3. The van der Waals surface area contributed by atoms with Crippen molar-refractivity contribution in [1.82, 2.24) is 4.98 Å². The molecule has 6 heteroatoms. The first-order chi connectivity index (χ1) is 16.0. The quantitative estimate of drug-likeness (QED) is 0.177. The van der Waals surface area contributed by atoms with E-state index in [9.17, 15) is 4.79 Å². The fourth-order valence-electron chi connectivity index (χ4n) is 4.79. The van der Waals surface area contributed by atoms with Gasteiger partial charge in [0.1, 0.15) is 5.03 Å². The number of unbranched alkanes of at least 4 members (excludes halogenated alkanes) is 8. The third kappa shape index (κ3) is 9.68. The van der Waals surface area contributed by atoms with Gasteiger partial charge in [-0.25, -0.2) is 4.98 Å². The lowest BCUT2D eigenvalue weighted by Gasteiger charge is -2.20. The van der Waals surface area contributed by atoms with Crippen LogP contribution in [0.25, 0.3) is 0 Å². The predicted molar refractivity (Wildman–Crippen MR) is 151 cm³/mol. The van der Waals surface area contributed by atoms with Crippen LogP contribution in [-0.2, 0) is 4.79 Å². The Hall–Kier alpha value is -0.330. The lowest BCUT2D eigenvalue weighted by Crippen LogP contribution is -2.29. The van der Waals surface area contributed by atoms with Crippen molar-refractivity contribution in [3.8, 4) is 0 Å². The van der Waals surface area contributed by atoms with E-state index >= 15 is 0 Å². The van der Waals surface area contributed by atoms with Gasteiger partial charge in [-0.1, -0.05) is 78.1 Å². The number of hydrogen-bond donors (Lipinski definition) is 1. The van der Waals surface area contributed by atoms with Crippen molar-refractivity contribution in [1.29, 1.82) is 0 Å². The highest BCUT2D eigenvalue weighted by Gasteiger charge is 2.39. The second-order valence-corrected chi connectivity index (χ2v) is 12.5. The van der Waals surface area contributed by atoms with Gasteiger partial charge in [0.2, 0.25) is 5.91 Å². The molecule has 2 heterocycles. The molecular weight excluding hydrogens is 465 g/mol. The molecule has 1 aromatic rings. The van der Waals surface area contributed by atoms with Gasteiger partial charge in [0, 0.05) is 15.8 Å². The van der Waals surface area contributed by atoms with Crippen LogP contribution in [0.4, 0.5) is 5.69 Å². The molecule has 0 radical (unpaired) electrons. The minimum Gasteiger partial charge on any atom is -0.322 e. The number of nitrogens with one attached hydrogen (secondary N) is 1. The van der Waals surface area contributed by atoms with Crippen molar-refractivity contribution in [2.45, 2.75) is 125 Å². The zero-order chi connectivity index (χ0) is 24.1. The predicted octanol–water partition coefficient (Wildman–Crippen LogP) is 8.98. The molecule has 3 unspecified atom stereocenters. The summed E-state index contributed by atoms with van der Waals surface area (Å²) < 4.78 is 0. The van der Waals surface area contributed by atoms with Crippen LogP contribution in [-0.4, -0.2) is 33.9 Å². The SMILES string of the molecule is CCCCCCCC1CC(CCCCCCC)C(C(=O)Nc2c(SC)cc(C)nc2SC)S1. The fraction of sp³-hybridized carbons (Fsp3) is 0.778. The van der Waals surface area contributed by atoms with Gasteiger partial charge in [0.25, 0.3) is 0 Å². The minimum atomic E-state index is 0.0718. The first-order valence-electron chi connectivity index (χ1n) is 13.1. The highest BCUT2D eigenvalue weighted by molar-refractivity contribution is 8.01. The second-order valence-electron chi connectivity index (χ2n) is 9.42. The summed E-state index contributed by atoms with van der Waals surface area (Å²) in [4.78, 5) is 19.4. The highest BCUT2D eigenvalue weighted by atomic mass is 32.2. The van der Waals surface area contributed by atoms with Gasteiger partial charge < -0.3 is 5.32 Å². The first-order valence-corrected chi connectivity index (χ1v) is 16.5. The van der Waals surface area contributed by atoms with Crippen LogP contribution in [0.3, 0.4) is 0 Å². The highest BCUT2D eigenvalue weighted by Crippen LogP contribution is 2.44. The number of hydrogen-bond acceptors (Lipinski definition) is 5. The standard InChI is InChI=1S/C27H46N2OS3/c1-6-8-10-12-14-16-21-19-22(17-15-13-11-9-7-2)33-25(21)26(30)29-24-23(31-4)18-20(3)28-27(24)32-5/h18,21-22,25H,6-17,19H2,1-5H3,(H,29,30).